The number of thiazole rings is 1. The van der Waals surface area contributed by atoms with Gasteiger partial charge in [0.15, 0.2) is 4.80 Å². The zero-order chi connectivity index (χ0) is 24.2. The molecule has 11 nitrogen and oxygen atoms in total. The number of rotatable bonds is 7. The van der Waals surface area contributed by atoms with Gasteiger partial charge in [-0.15, -0.1) is 0 Å². The molecule has 3 aromatic rings. The first-order chi connectivity index (χ1) is 15.6. The van der Waals surface area contributed by atoms with Crippen LogP contribution >= 0.6 is 11.3 Å². The molecular formula is C20H18N4O7S2. The maximum absolute atomic E-state index is 12.4. The molecule has 2 N–H and O–H groups in total. The van der Waals surface area contributed by atoms with Crippen molar-refractivity contribution in [2.24, 2.45) is 10.1 Å². The summed E-state index contributed by atoms with van der Waals surface area (Å²) < 4.78 is 30.2. The van der Waals surface area contributed by atoms with Crippen molar-refractivity contribution in [2.75, 3.05) is 6.61 Å². The number of aromatic nitrogens is 1. The minimum atomic E-state index is -3.95. The fourth-order valence-corrected chi connectivity index (χ4v) is 4.50. The molecule has 0 saturated carbocycles. The van der Waals surface area contributed by atoms with E-state index in [1.165, 1.54) is 59.2 Å². The highest BCUT2D eigenvalue weighted by molar-refractivity contribution is 7.89. The lowest BCUT2D eigenvalue weighted by molar-refractivity contribution is -0.384. The molecule has 172 valence electrons. The van der Waals surface area contributed by atoms with Crippen LogP contribution in [0.3, 0.4) is 0 Å². The molecule has 3 rings (SSSR count). The van der Waals surface area contributed by atoms with Crippen LogP contribution in [0.4, 0.5) is 5.69 Å². The first kappa shape index (κ1) is 24.0. The first-order valence-corrected chi connectivity index (χ1v) is 11.8. The minimum absolute atomic E-state index is 0.0766. The topological polar surface area (TPSA) is 164 Å². The van der Waals surface area contributed by atoms with Gasteiger partial charge in [-0.2, -0.15) is 4.99 Å². The van der Waals surface area contributed by atoms with Crippen LogP contribution in [0, 0.1) is 10.1 Å². The maximum atomic E-state index is 12.4. The van der Waals surface area contributed by atoms with Crippen LogP contribution in [0.5, 0.6) is 0 Å². The van der Waals surface area contributed by atoms with Crippen molar-refractivity contribution < 1.29 is 27.7 Å². The summed E-state index contributed by atoms with van der Waals surface area (Å²) in [5.74, 6) is -1.20. The lowest BCUT2D eigenvalue weighted by Crippen LogP contribution is -2.22. The molecule has 0 unspecified atom stereocenters. The first-order valence-electron chi connectivity index (χ1n) is 9.41. The van der Waals surface area contributed by atoms with Gasteiger partial charge in [0.25, 0.3) is 11.6 Å². The van der Waals surface area contributed by atoms with Crippen molar-refractivity contribution >= 4 is 55.2 Å². The van der Waals surface area contributed by atoms with Crippen LogP contribution in [-0.2, 0) is 30.9 Å². The number of ether oxygens (including phenoxy) is 1. The van der Waals surface area contributed by atoms with Gasteiger partial charge >= 0.3 is 5.97 Å². The molecule has 13 heteroatoms. The van der Waals surface area contributed by atoms with Crippen LogP contribution < -0.4 is 9.94 Å². The molecule has 1 amide bonds. The van der Waals surface area contributed by atoms with E-state index in [1.54, 1.807) is 6.92 Å². The summed E-state index contributed by atoms with van der Waals surface area (Å²) in [6.45, 7) is 1.59. The number of sulfonamides is 1. The van der Waals surface area contributed by atoms with Crippen molar-refractivity contribution in [3.8, 4) is 0 Å². The highest BCUT2D eigenvalue weighted by atomic mass is 32.2. The van der Waals surface area contributed by atoms with Crippen LogP contribution in [0.1, 0.15) is 12.5 Å². The SMILES string of the molecule is CCOC(=O)Cn1c(=NC(=O)C=Cc2ccc([N+](=O)[O-])cc2)sc2cc(S(N)(=O)=O)ccc21. The van der Waals surface area contributed by atoms with E-state index in [0.717, 1.165) is 11.3 Å². The number of nitro groups is 1. The minimum Gasteiger partial charge on any atom is -0.465 e. The highest BCUT2D eigenvalue weighted by Crippen LogP contribution is 2.21. The third-order valence-corrected chi connectivity index (χ3v) is 6.26. The number of carbonyl (C=O) groups excluding carboxylic acids is 2. The summed E-state index contributed by atoms with van der Waals surface area (Å²) in [7, 11) is -3.95. The van der Waals surface area contributed by atoms with E-state index in [2.05, 4.69) is 4.99 Å². The number of hydrogen-bond acceptors (Lipinski definition) is 8. The van der Waals surface area contributed by atoms with Crippen molar-refractivity contribution in [2.45, 2.75) is 18.4 Å². The smallest absolute Gasteiger partial charge is 0.326 e. The third kappa shape index (κ3) is 5.97. The van der Waals surface area contributed by atoms with E-state index < -0.39 is 26.8 Å². The number of non-ortho nitro benzene ring substituents is 1. The Hall–Kier alpha value is -3.68. The molecule has 0 saturated heterocycles. The number of hydrogen-bond donors (Lipinski definition) is 1. The maximum Gasteiger partial charge on any atom is 0.326 e. The molecule has 0 radical (unpaired) electrons. The zero-order valence-electron chi connectivity index (χ0n) is 17.2. The molecule has 1 heterocycles. The number of nitrogens with zero attached hydrogens (tertiary/aromatic N) is 3. The van der Waals surface area contributed by atoms with E-state index in [4.69, 9.17) is 9.88 Å². The lowest BCUT2D eigenvalue weighted by atomic mass is 10.2. The van der Waals surface area contributed by atoms with Gasteiger partial charge in [-0.3, -0.25) is 19.7 Å². The number of primary sulfonamides is 1. The molecule has 33 heavy (non-hydrogen) atoms. The molecule has 0 bridgehead atoms. The quantitative estimate of drug-likeness (QED) is 0.229. The average Bonchev–Trinajstić information content (AvgIpc) is 3.08. The fourth-order valence-electron chi connectivity index (χ4n) is 2.81. The molecule has 0 atom stereocenters. The monoisotopic (exact) mass is 490 g/mol. The summed E-state index contributed by atoms with van der Waals surface area (Å²) in [6.07, 6.45) is 2.62. The number of amides is 1. The predicted octanol–water partition coefficient (Wildman–Crippen LogP) is 1.96. The molecule has 0 aliphatic rings. The van der Waals surface area contributed by atoms with E-state index in [-0.39, 0.29) is 28.5 Å². The van der Waals surface area contributed by atoms with Crippen LogP contribution in [0.15, 0.2) is 58.4 Å². The zero-order valence-corrected chi connectivity index (χ0v) is 18.8. The fraction of sp³-hybridized carbons (Fsp3) is 0.150. The summed E-state index contributed by atoms with van der Waals surface area (Å²) >= 11 is 1.01. The predicted molar refractivity (Wildman–Crippen MR) is 121 cm³/mol. The Morgan fingerprint density at radius 2 is 1.94 bits per heavy atom. The Labute approximate surface area is 191 Å². The van der Waals surface area contributed by atoms with Gasteiger partial charge in [-0.05, 0) is 48.9 Å². The van der Waals surface area contributed by atoms with Crippen LogP contribution in [-0.4, -0.2) is 36.4 Å². The Bertz CT molecular complexity index is 1440. The van der Waals surface area contributed by atoms with Gasteiger partial charge in [0.2, 0.25) is 10.0 Å². The molecule has 2 aromatic carbocycles. The van der Waals surface area contributed by atoms with Gasteiger partial charge in [0, 0.05) is 18.2 Å². The third-order valence-electron chi connectivity index (χ3n) is 4.30. The van der Waals surface area contributed by atoms with Crippen molar-refractivity contribution in [3.05, 3.63) is 69.0 Å². The van der Waals surface area contributed by atoms with Crippen LogP contribution in [0.2, 0.25) is 0 Å². The molecular weight excluding hydrogens is 472 g/mol. The standard InChI is InChI=1S/C20H18N4O7S2/c1-2-31-19(26)12-23-16-9-8-15(33(21,29)30)11-17(16)32-20(23)22-18(25)10-5-13-3-6-14(7-4-13)24(27)28/h3-11H,2,12H2,1H3,(H2,21,29,30). The van der Waals surface area contributed by atoms with E-state index >= 15 is 0 Å². The number of nitrogens with two attached hydrogens (primary N) is 1. The largest absolute Gasteiger partial charge is 0.465 e. The van der Waals surface area contributed by atoms with E-state index in [9.17, 15) is 28.1 Å². The number of fused-ring (bicyclic) bond motifs is 1. The Balaban J connectivity index is 2.00. The lowest BCUT2D eigenvalue weighted by Gasteiger charge is -2.05. The van der Waals surface area contributed by atoms with Gasteiger partial charge < -0.3 is 9.30 Å². The molecule has 0 aliphatic heterocycles. The second-order valence-electron chi connectivity index (χ2n) is 6.58. The van der Waals surface area contributed by atoms with E-state index in [1.807, 2.05) is 0 Å². The second-order valence-corrected chi connectivity index (χ2v) is 9.15. The van der Waals surface area contributed by atoms with Gasteiger partial charge in [0.05, 0.1) is 26.6 Å². The second kappa shape index (κ2) is 9.85. The summed E-state index contributed by atoms with van der Waals surface area (Å²) in [5, 5.41) is 15.9. The summed E-state index contributed by atoms with van der Waals surface area (Å²) in [6, 6.07) is 9.70. The van der Waals surface area contributed by atoms with Crippen molar-refractivity contribution in [1.29, 1.82) is 0 Å². The van der Waals surface area contributed by atoms with E-state index in [0.29, 0.717) is 15.8 Å². The highest BCUT2D eigenvalue weighted by Gasteiger charge is 2.15. The number of nitro benzene ring substituents is 1. The van der Waals surface area contributed by atoms with Crippen LogP contribution in [0.25, 0.3) is 16.3 Å². The summed E-state index contributed by atoms with van der Waals surface area (Å²) in [4.78, 5) is 38.7. The number of esters is 1. The van der Waals surface area contributed by atoms with Crippen molar-refractivity contribution in [1.82, 2.24) is 4.57 Å². The van der Waals surface area contributed by atoms with Gasteiger partial charge in [0.1, 0.15) is 6.54 Å². The van der Waals surface area contributed by atoms with Gasteiger partial charge in [-0.1, -0.05) is 11.3 Å². The Morgan fingerprint density at radius 3 is 2.55 bits per heavy atom. The molecule has 0 aliphatic carbocycles. The average molecular weight is 491 g/mol. The molecule has 1 aromatic heterocycles. The normalized spacial score (nSPS) is 12.4. The molecule has 0 fully saturated rings. The Kier molecular flexibility index (Phi) is 7.16. The Morgan fingerprint density at radius 1 is 1.24 bits per heavy atom. The number of benzene rings is 2. The summed E-state index contributed by atoms with van der Waals surface area (Å²) in [5.41, 5.74) is 0.955. The van der Waals surface area contributed by atoms with Crippen molar-refractivity contribution in [3.63, 3.8) is 0 Å². The molecule has 0 spiro atoms. The van der Waals surface area contributed by atoms with Gasteiger partial charge in [-0.25, -0.2) is 13.6 Å². The number of carbonyl (C=O) groups is 2.